The Balaban J connectivity index is 1.62. The lowest BCUT2D eigenvalue weighted by Gasteiger charge is -2.29. The minimum absolute atomic E-state index is 0.135. The smallest absolute Gasteiger partial charge is 0.266 e. The Morgan fingerprint density at radius 2 is 1.85 bits per heavy atom. The van der Waals surface area contributed by atoms with Gasteiger partial charge in [0, 0.05) is 18.7 Å². The van der Waals surface area contributed by atoms with E-state index in [1.807, 2.05) is 6.07 Å². The van der Waals surface area contributed by atoms with Crippen molar-refractivity contribution in [2.75, 3.05) is 36.5 Å². The van der Waals surface area contributed by atoms with Gasteiger partial charge in [0.2, 0.25) is 0 Å². The number of pyridine rings is 1. The molecule has 1 aliphatic rings. The third-order valence-electron chi connectivity index (χ3n) is 5.79. The minimum Gasteiger partial charge on any atom is -0.378 e. The number of morpholine rings is 1. The zero-order valence-electron chi connectivity index (χ0n) is 18.1. The predicted octanol–water partition coefficient (Wildman–Crippen LogP) is 4.07. The molecule has 0 amide bonds. The highest BCUT2D eigenvalue weighted by Crippen LogP contribution is 2.33. The summed E-state index contributed by atoms with van der Waals surface area (Å²) in [6, 6.07) is 5.33. The van der Waals surface area contributed by atoms with E-state index in [-0.39, 0.29) is 5.56 Å². The van der Waals surface area contributed by atoms with Crippen LogP contribution in [0.25, 0.3) is 16.7 Å². The highest BCUT2D eigenvalue weighted by Gasteiger charge is 2.23. The van der Waals surface area contributed by atoms with Crippen LogP contribution in [0.4, 0.5) is 24.7 Å². The first kappa shape index (κ1) is 21.4. The van der Waals surface area contributed by atoms with Crippen LogP contribution in [0.1, 0.15) is 36.3 Å². The van der Waals surface area contributed by atoms with Crippen LogP contribution in [0, 0.1) is 12.7 Å². The van der Waals surface area contributed by atoms with Crippen LogP contribution in [0.2, 0.25) is 0 Å². The van der Waals surface area contributed by atoms with Crippen LogP contribution < -0.4 is 10.2 Å². The van der Waals surface area contributed by atoms with E-state index in [0.29, 0.717) is 54.6 Å². The Kier molecular flexibility index (Phi) is 5.49. The summed E-state index contributed by atoms with van der Waals surface area (Å²) >= 11 is 0. The Hall–Kier alpha value is -3.47. The molecule has 1 aliphatic heterocycles. The highest BCUT2D eigenvalue weighted by molar-refractivity contribution is 5.94. The number of nitrogens with zero attached hydrogens (tertiary/aromatic N) is 6. The lowest BCUT2D eigenvalue weighted by molar-refractivity contribution is 0.123. The first-order valence-electron chi connectivity index (χ1n) is 10.6. The van der Waals surface area contributed by atoms with Crippen molar-refractivity contribution in [2.24, 2.45) is 0 Å². The number of alkyl halides is 2. The fourth-order valence-electron chi connectivity index (χ4n) is 4.15. The fraction of sp³-hybridized carbons (Fsp3) is 0.364. The molecule has 172 valence electrons. The van der Waals surface area contributed by atoms with Crippen molar-refractivity contribution in [3.8, 4) is 0 Å². The number of aromatic nitrogens is 5. The molecular weight excluding hydrogens is 435 g/mol. The van der Waals surface area contributed by atoms with Gasteiger partial charge in [-0.25, -0.2) is 23.1 Å². The van der Waals surface area contributed by atoms with Gasteiger partial charge in [-0.3, -0.25) is 4.40 Å². The summed E-state index contributed by atoms with van der Waals surface area (Å²) in [7, 11) is 0. The third-order valence-corrected chi connectivity index (χ3v) is 5.79. The minimum atomic E-state index is -2.89. The van der Waals surface area contributed by atoms with E-state index in [0.717, 1.165) is 11.8 Å². The quantitative estimate of drug-likeness (QED) is 0.484. The van der Waals surface area contributed by atoms with Crippen LogP contribution in [-0.2, 0) is 4.74 Å². The second-order valence-corrected chi connectivity index (χ2v) is 7.93. The molecule has 4 heterocycles. The standard InChI is InChI=1S/C22H22F3N7O/c1-12(14-4-3-5-15(18(14)23)19(24)25)27-20-16-10-17(31-6-8-33-9-7-31)22-30-26-11-32(22)21(16)29-13(2)28-20/h3-5,10-12,19H,6-9H2,1-2H3,(H,27,28,29). The van der Waals surface area contributed by atoms with Gasteiger partial charge in [-0.2, -0.15) is 0 Å². The van der Waals surface area contributed by atoms with Gasteiger partial charge in [-0.1, -0.05) is 18.2 Å². The molecule has 33 heavy (non-hydrogen) atoms. The molecule has 0 saturated carbocycles. The summed E-state index contributed by atoms with van der Waals surface area (Å²) in [5.41, 5.74) is 1.63. The summed E-state index contributed by atoms with van der Waals surface area (Å²) in [5, 5.41) is 12.2. The van der Waals surface area contributed by atoms with Crippen molar-refractivity contribution < 1.29 is 17.9 Å². The van der Waals surface area contributed by atoms with Crippen molar-refractivity contribution >= 4 is 28.2 Å². The van der Waals surface area contributed by atoms with Crippen molar-refractivity contribution in [1.29, 1.82) is 0 Å². The van der Waals surface area contributed by atoms with Crippen LogP contribution in [0.15, 0.2) is 30.6 Å². The Morgan fingerprint density at radius 3 is 2.61 bits per heavy atom. The molecule has 0 bridgehead atoms. The molecule has 1 unspecified atom stereocenters. The summed E-state index contributed by atoms with van der Waals surface area (Å²) in [6.45, 7) is 6.06. The van der Waals surface area contributed by atoms with E-state index in [9.17, 15) is 13.2 Å². The topological polar surface area (TPSA) is 80.5 Å². The number of nitrogens with one attached hydrogen (secondary N) is 1. The van der Waals surface area contributed by atoms with Crippen molar-refractivity contribution in [3.63, 3.8) is 0 Å². The van der Waals surface area contributed by atoms with E-state index in [2.05, 4.69) is 30.4 Å². The van der Waals surface area contributed by atoms with E-state index in [1.165, 1.54) is 12.1 Å². The van der Waals surface area contributed by atoms with Crippen LogP contribution >= 0.6 is 0 Å². The zero-order chi connectivity index (χ0) is 23.1. The van der Waals surface area contributed by atoms with Crippen molar-refractivity contribution in [1.82, 2.24) is 24.6 Å². The van der Waals surface area contributed by atoms with Gasteiger partial charge >= 0.3 is 0 Å². The number of ether oxygens (including phenoxy) is 1. The number of rotatable bonds is 5. The molecule has 1 aromatic carbocycles. The molecule has 1 N–H and O–H groups in total. The van der Waals surface area contributed by atoms with Gasteiger partial charge in [0.1, 0.15) is 23.8 Å². The second-order valence-electron chi connectivity index (χ2n) is 7.93. The number of hydrogen-bond donors (Lipinski definition) is 1. The summed E-state index contributed by atoms with van der Waals surface area (Å²) in [6.07, 6.45) is -1.30. The number of halogens is 3. The molecule has 1 fully saturated rings. The fourth-order valence-corrected chi connectivity index (χ4v) is 4.15. The van der Waals surface area contributed by atoms with Crippen LogP contribution in [-0.4, -0.2) is 50.9 Å². The molecule has 11 heteroatoms. The largest absolute Gasteiger partial charge is 0.378 e. The van der Waals surface area contributed by atoms with E-state index >= 15 is 0 Å². The normalized spacial score (nSPS) is 15.5. The predicted molar refractivity (Wildman–Crippen MR) is 117 cm³/mol. The molecule has 8 nitrogen and oxygen atoms in total. The van der Waals surface area contributed by atoms with E-state index in [4.69, 9.17) is 4.74 Å². The molecule has 3 aromatic heterocycles. The van der Waals surface area contributed by atoms with Gasteiger partial charge in [0.25, 0.3) is 6.43 Å². The lowest BCUT2D eigenvalue weighted by atomic mass is 10.0. The third kappa shape index (κ3) is 3.82. The van der Waals surface area contributed by atoms with Gasteiger partial charge < -0.3 is 15.0 Å². The van der Waals surface area contributed by atoms with E-state index in [1.54, 1.807) is 24.6 Å². The molecule has 0 spiro atoms. The Morgan fingerprint density at radius 1 is 1.09 bits per heavy atom. The van der Waals surface area contributed by atoms with E-state index < -0.39 is 23.8 Å². The number of benzene rings is 1. The second kappa shape index (κ2) is 8.47. The van der Waals surface area contributed by atoms with Crippen LogP contribution in [0.5, 0.6) is 0 Å². The number of fused-ring (bicyclic) bond motifs is 3. The summed E-state index contributed by atoms with van der Waals surface area (Å²) in [4.78, 5) is 11.3. The Labute approximate surface area is 187 Å². The molecule has 0 aliphatic carbocycles. The molecule has 1 atom stereocenters. The molecule has 4 aromatic rings. The number of aryl methyl sites for hydroxylation is 1. The molecule has 5 rings (SSSR count). The number of anilines is 2. The molecule has 0 radical (unpaired) electrons. The first-order valence-corrected chi connectivity index (χ1v) is 10.6. The highest BCUT2D eigenvalue weighted by atomic mass is 19.3. The molecular formula is C22H22F3N7O. The van der Waals surface area contributed by atoms with Gasteiger partial charge in [-0.05, 0) is 19.9 Å². The maximum Gasteiger partial charge on any atom is 0.266 e. The summed E-state index contributed by atoms with van der Waals surface area (Å²) < 4.78 is 48.4. The first-order chi connectivity index (χ1) is 15.9. The maximum absolute atomic E-state index is 14.8. The summed E-state index contributed by atoms with van der Waals surface area (Å²) in [5.74, 6) is 0.0443. The van der Waals surface area contributed by atoms with Crippen molar-refractivity contribution in [3.05, 3.63) is 53.4 Å². The average molecular weight is 457 g/mol. The monoisotopic (exact) mass is 457 g/mol. The van der Waals surface area contributed by atoms with Gasteiger partial charge in [0.05, 0.1) is 35.9 Å². The molecule has 1 saturated heterocycles. The van der Waals surface area contributed by atoms with Gasteiger partial charge in [-0.15, -0.1) is 10.2 Å². The van der Waals surface area contributed by atoms with Crippen LogP contribution in [0.3, 0.4) is 0 Å². The lowest BCUT2D eigenvalue weighted by Crippen LogP contribution is -2.36. The van der Waals surface area contributed by atoms with Crippen molar-refractivity contribution in [2.45, 2.75) is 26.3 Å². The maximum atomic E-state index is 14.8. The van der Waals surface area contributed by atoms with Gasteiger partial charge in [0.15, 0.2) is 11.3 Å². The average Bonchev–Trinajstić information content (AvgIpc) is 3.29. The SMILES string of the molecule is Cc1nc(NC(C)c2cccc(C(F)F)c2F)c2cc(N3CCOCC3)c3nncn3c2n1. The Bertz CT molecular complexity index is 1320. The number of hydrogen-bond acceptors (Lipinski definition) is 7. The zero-order valence-corrected chi connectivity index (χ0v) is 18.1.